The van der Waals surface area contributed by atoms with Crippen molar-refractivity contribution < 1.29 is 9.90 Å². The molecular formula is C16H26N2O2. The van der Waals surface area contributed by atoms with E-state index in [9.17, 15) is 9.90 Å². The van der Waals surface area contributed by atoms with Crippen LogP contribution < -0.4 is 0 Å². The van der Waals surface area contributed by atoms with E-state index < -0.39 is 11.4 Å². The fourth-order valence-electron chi connectivity index (χ4n) is 2.47. The Morgan fingerprint density at radius 1 is 1.30 bits per heavy atom. The number of aromatic nitrogens is 1. The first kappa shape index (κ1) is 16.6. The van der Waals surface area contributed by atoms with Gasteiger partial charge in [0, 0.05) is 18.8 Å². The van der Waals surface area contributed by atoms with Crippen LogP contribution in [0.25, 0.3) is 0 Å². The summed E-state index contributed by atoms with van der Waals surface area (Å²) in [5.74, 6) is -0.696. The summed E-state index contributed by atoms with van der Waals surface area (Å²) in [5, 5.41) is 9.54. The van der Waals surface area contributed by atoms with E-state index in [1.54, 1.807) is 0 Å². The van der Waals surface area contributed by atoms with Gasteiger partial charge in [-0.15, -0.1) is 0 Å². The lowest BCUT2D eigenvalue weighted by molar-refractivity contribution is -0.151. The lowest BCUT2D eigenvalue weighted by atomic mass is 9.82. The molecule has 0 aliphatic carbocycles. The van der Waals surface area contributed by atoms with E-state index in [1.165, 1.54) is 0 Å². The van der Waals surface area contributed by atoms with Gasteiger partial charge in [-0.05, 0) is 38.4 Å². The van der Waals surface area contributed by atoms with Gasteiger partial charge < -0.3 is 5.11 Å². The Balaban J connectivity index is 2.83. The van der Waals surface area contributed by atoms with E-state index in [0.29, 0.717) is 25.9 Å². The van der Waals surface area contributed by atoms with Crippen molar-refractivity contribution in [1.29, 1.82) is 0 Å². The Bertz CT molecular complexity index is 442. The average molecular weight is 278 g/mol. The Morgan fingerprint density at radius 2 is 1.95 bits per heavy atom. The number of carbonyl (C=O) groups is 1. The summed E-state index contributed by atoms with van der Waals surface area (Å²) in [6.07, 6.45) is 1.30. The van der Waals surface area contributed by atoms with E-state index in [-0.39, 0.29) is 0 Å². The van der Waals surface area contributed by atoms with E-state index in [2.05, 4.69) is 16.8 Å². The number of hydrogen-bond donors (Lipinski definition) is 1. The van der Waals surface area contributed by atoms with Crippen LogP contribution >= 0.6 is 0 Å². The highest BCUT2D eigenvalue weighted by Crippen LogP contribution is 2.28. The third-order valence-electron chi connectivity index (χ3n) is 4.11. The van der Waals surface area contributed by atoms with Gasteiger partial charge >= 0.3 is 5.97 Å². The van der Waals surface area contributed by atoms with Gasteiger partial charge in [0.15, 0.2) is 0 Å². The van der Waals surface area contributed by atoms with Crippen molar-refractivity contribution in [3.8, 4) is 0 Å². The van der Waals surface area contributed by atoms with E-state index in [0.717, 1.165) is 17.9 Å². The molecule has 1 aromatic heterocycles. The molecule has 1 N–H and O–H groups in total. The molecule has 0 spiro atoms. The molecule has 0 radical (unpaired) electrons. The Kier molecular flexibility index (Phi) is 6.14. The Morgan fingerprint density at radius 3 is 2.40 bits per heavy atom. The standard InChI is InChI=1S/C16H26N2O2/c1-5-16(6-2,15(19)20)12-18(7-3)11-14-10-8-9-13(4)17-14/h8-10H,5-7,11-12H2,1-4H3,(H,19,20). The molecule has 0 atom stereocenters. The number of carboxylic acid groups (broad SMARTS) is 1. The monoisotopic (exact) mass is 278 g/mol. The van der Waals surface area contributed by atoms with Crippen molar-refractivity contribution in [2.45, 2.75) is 47.1 Å². The minimum atomic E-state index is -0.696. The molecule has 0 aliphatic heterocycles. The zero-order chi connectivity index (χ0) is 15.2. The molecule has 1 rings (SSSR count). The number of aliphatic carboxylic acids is 1. The third-order valence-corrected chi connectivity index (χ3v) is 4.11. The molecule has 4 nitrogen and oxygen atoms in total. The molecule has 0 unspecified atom stereocenters. The SMILES string of the molecule is CCN(Cc1cccc(C)n1)CC(CC)(CC)C(=O)O. The quantitative estimate of drug-likeness (QED) is 0.794. The van der Waals surface area contributed by atoms with Crippen molar-refractivity contribution in [2.24, 2.45) is 5.41 Å². The molecule has 0 aromatic carbocycles. The van der Waals surface area contributed by atoms with Crippen molar-refractivity contribution in [1.82, 2.24) is 9.88 Å². The second-order valence-corrected chi connectivity index (χ2v) is 5.37. The molecular weight excluding hydrogens is 252 g/mol. The van der Waals surface area contributed by atoms with Gasteiger partial charge in [-0.1, -0.05) is 26.8 Å². The van der Waals surface area contributed by atoms with Crippen molar-refractivity contribution in [3.63, 3.8) is 0 Å². The van der Waals surface area contributed by atoms with Gasteiger partial charge in [0.2, 0.25) is 0 Å². The predicted molar refractivity (Wildman–Crippen MR) is 80.6 cm³/mol. The number of aryl methyl sites for hydroxylation is 1. The predicted octanol–water partition coefficient (Wildman–Crippen LogP) is 3.10. The molecule has 0 bridgehead atoms. The highest BCUT2D eigenvalue weighted by molar-refractivity contribution is 5.74. The van der Waals surface area contributed by atoms with Gasteiger partial charge in [-0.25, -0.2) is 0 Å². The van der Waals surface area contributed by atoms with Gasteiger partial charge in [0.25, 0.3) is 0 Å². The lowest BCUT2D eigenvalue weighted by Gasteiger charge is -2.33. The second-order valence-electron chi connectivity index (χ2n) is 5.37. The number of hydrogen-bond acceptors (Lipinski definition) is 3. The zero-order valence-electron chi connectivity index (χ0n) is 13.0. The Labute approximate surface area is 121 Å². The summed E-state index contributed by atoms with van der Waals surface area (Å²) in [6, 6.07) is 5.96. The molecule has 112 valence electrons. The van der Waals surface area contributed by atoms with Crippen LogP contribution in [0.2, 0.25) is 0 Å². The summed E-state index contributed by atoms with van der Waals surface area (Å²) in [4.78, 5) is 18.3. The highest BCUT2D eigenvalue weighted by Gasteiger charge is 2.36. The highest BCUT2D eigenvalue weighted by atomic mass is 16.4. The maximum Gasteiger partial charge on any atom is 0.310 e. The van der Waals surface area contributed by atoms with Gasteiger partial charge in [0.1, 0.15) is 0 Å². The summed E-state index contributed by atoms with van der Waals surface area (Å²) >= 11 is 0. The molecule has 0 saturated carbocycles. The smallest absolute Gasteiger partial charge is 0.310 e. The minimum absolute atomic E-state index is 0.571. The van der Waals surface area contributed by atoms with Crippen molar-refractivity contribution in [3.05, 3.63) is 29.6 Å². The summed E-state index contributed by atoms with van der Waals surface area (Å²) in [7, 11) is 0. The van der Waals surface area contributed by atoms with Gasteiger partial charge in [-0.2, -0.15) is 0 Å². The number of carboxylic acids is 1. The average Bonchev–Trinajstić information content (AvgIpc) is 2.43. The molecule has 1 aromatic rings. The molecule has 4 heteroatoms. The van der Waals surface area contributed by atoms with Gasteiger partial charge in [-0.3, -0.25) is 14.7 Å². The molecule has 0 amide bonds. The van der Waals surface area contributed by atoms with Crippen molar-refractivity contribution >= 4 is 5.97 Å². The van der Waals surface area contributed by atoms with Crippen LogP contribution in [0.15, 0.2) is 18.2 Å². The molecule has 20 heavy (non-hydrogen) atoms. The van der Waals surface area contributed by atoms with Crippen LogP contribution in [0.3, 0.4) is 0 Å². The van der Waals surface area contributed by atoms with Crippen LogP contribution in [0.5, 0.6) is 0 Å². The molecule has 1 heterocycles. The number of pyridine rings is 1. The fourth-order valence-corrected chi connectivity index (χ4v) is 2.47. The topological polar surface area (TPSA) is 53.4 Å². The van der Waals surface area contributed by atoms with Gasteiger partial charge in [0.05, 0.1) is 11.1 Å². The first-order valence-electron chi connectivity index (χ1n) is 7.35. The largest absolute Gasteiger partial charge is 0.481 e. The first-order chi connectivity index (χ1) is 9.47. The van der Waals surface area contributed by atoms with Crippen LogP contribution in [0.1, 0.15) is 45.0 Å². The number of rotatable bonds is 8. The van der Waals surface area contributed by atoms with Crippen molar-refractivity contribution in [2.75, 3.05) is 13.1 Å². The summed E-state index contributed by atoms with van der Waals surface area (Å²) in [5.41, 5.74) is 1.34. The van der Waals surface area contributed by atoms with Crippen LogP contribution in [-0.4, -0.2) is 34.0 Å². The fraction of sp³-hybridized carbons (Fsp3) is 0.625. The molecule has 0 saturated heterocycles. The van der Waals surface area contributed by atoms with Crippen LogP contribution in [0, 0.1) is 12.3 Å². The molecule has 0 aliphatic rings. The lowest BCUT2D eigenvalue weighted by Crippen LogP contribution is -2.42. The maximum absolute atomic E-state index is 11.6. The van der Waals surface area contributed by atoms with E-state index >= 15 is 0 Å². The zero-order valence-corrected chi connectivity index (χ0v) is 13.0. The first-order valence-corrected chi connectivity index (χ1v) is 7.35. The van der Waals surface area contributed by atoms with Crippen LogP contribution in [-0.2, 0) is 11.3 Å². The molecule has 0 fully saturated rings. The summed E-state index contributed by atoms with van der Waals surface area (Å²) < 4.78 is 0. The normalized spacial score (nSPS) is 11.8. The summed E-state index contributed by atoms with van der Waals surface area (Å²) in [6.45, 7) is 10.0. The maximum atomic E-state index is 11.6. The van der Waals surface area contributed by atoms with E-state index in [1.807, 2.05) is 39.0 Å². The van der Waals surface area contributed by atoms with Crippen LogP contribution in [0.4, 0.5) is 0 Å². The minimum Gasteiger partial charge on any atom is -0.481 e. The number of nitrogens with zero attached hydrogens (tertiary/aromatic N) is 2. The second kappa shape index (κ2) is 7.39. The third kappa shape index (κ3) is 4.04. The van der Waals surface area contributed by atoms with E-state index in [4.69, 9.17) is 0 Å². The Hall–Kier alpha value is -1.42.